The summed E-state index contributed by atoms with van der Waals surface area (Å²) in [5.41, 5.74) is 0. The van der Waals surface area contributed by atoms with Gasteiger partial charge in [0, 0.05) is 25.9 Å². The number of nitrogens with one attached hydrogen (secondary N) is 1. The average Bonchev–Trinajstić information content (AvgIpc) is 3.06. The second kappa shape index (κ2) is 35.3. The minimum absolute atomic E-state index is 0.154. The number of ether oxygens (including phenoxy) is 4. The summed E-state index contributed by atoms with van der Waals surface area (Å²) in [6.45, 7) is 5.46. The molecule has 0 saturated heterocycles. The van der Waals surface area contributed by atoms with Crippen LogP contribution in [0.5, 0.6) is 0 Å². The van der Waals surface area contributed by atoms with Crippen LogP contribution in [-0.2, 0) is 28.5 Å². The number of carbonyl (C=O) groups is 4. The molecule has 0 aromatic heterocycles. The topological polar surface area (TPSA) is 158 Å². The Kier molecular flexibility index (Phi) is 33.4. The SMILES string of the molecule is CCCCCCC(CCCCCCCCC(=O)O)OC(=O)OCCNCCOC(=O)OC(CCCCCC)CCCCCCCCC(=O)O. The molecule has 11 nitrogen and oxygen atoms in total. The van der Waals surface area contributed by atoms with Gasteiger partial charge in [0.05, 0.1) is 0 Å². The van der Waals surface area contributed by atoms with Crippen molar-refractivity contribution in [2.45, 2.75) is 193 Å². The summed E-state index contributed by atoms with van der Waals surface area (Å²) in [6, 6.07) is 0. The molecule has 2 unspecified atom stereocenters. The van der Waals surface area contributed by atoms with Crippen LogP contribution in [0.4, 0.5) is 9.59 Å². The lowest BCUT2D eigenvalue weighted by atomic mass is 10.0. The average molecular weight is 702 g/mol. The molecule has 49 heavy (non-hydrogen) atoms. The van der Waals surface area contributed by atoms with Gasteiger partial charge in [0.25, 0.3) is 0 Å². The summed E-state index contributed by atoms with van der Waals surface area (Å²) in [6.07, 6.45) is 22.5. The van der Waals surface area contributed by atoms with Gasteiger partial charge in [-0.1, -0.05) is 104 Å². The first-order chi connectivity index (χ1) is 23.8. The van der Waals surface area contributed by atoms with Crippen LogP contribution in [0.15, 0.2) is 0 Å². The van der Waals surface area contributed by atoms with Crippen molar-refractivity contribution >= 4 is 24.2 Å². The summed E-state index contributed by atoms with van der Waals surface area (Å²) < 4.78 is 21.9. The van der Waals surface area contributed by atoms with Gasteiger partial charge in [-0.15, -0.1) is 0 Å². The second-order valence-electron chi connectivity index (χ2n) is 13.2. The monoisotopic (exact) mass is 702 g/mol. The third kappa shape index (κ3) is 35.1. The lowest BCUT2D eigenvalue weighted by molar-refractivity contribution is -0.138. The van der Waals surface area contributed by atoms with E-state index in [2.05, 4.69) is 19.2 Å². The van der Waals surface area contributed by atoms with E-state index in [9.17, 15) is 19.2 Å². The van der Waals surface area contributed by atoms with Crippen molar-refractivity contribution in [1.82, 2.24) is 5.32 Å². The van der Waals surface area contributed by atoms with Gasteiger partial charge < -0.3 is 34.5 Å². The molecule has 0 aromatic carbocycles. The van der Waals surface area contributed by atoms with Gasteiger partial charge in [-0.25, -0.2) is 9.59 Å². The minimum atomic E-state index is -0.738. The molecule has 11 heteroatoms. The maximum Gasteiger partial charge on any atom is 0.508 e. The molecule has 3 N–H and O–H groups in total. The van der Waals surface area contributed by atoms with Crippen LogP contribution < -0.4 is 5.32 Å². The maximum atomic E-state index is 12.3. The van der Waals surface area contributed by atoms with Gasteiger partial charge in [-0.2, -0.15) is 0 Å². The normalized spacial score (nSPS) is 12.3. The smallest absolute Gasteiger partial charge is 0.481 e. The second-order valence-corrected chi connectivity index (χ2v) is 13.2. The fourth-order valence-electron chi connectivity index (χ4n) is 5.71. The zero-order valence-corrected chi connectivity index (χ0v) is 31.0. The quantitative estimate of drug-likeness (QED) is 0.0422. The van der Waals surface area contributed by atoms with Crippen LogP contribution in [0.2, 0.25) is 0 Å². The van der Waals surface area contributed by atoms with Crippen LogP contribution in [0.3, 0.4) is 0 Å². The fraction of sp³-hybridized carbons (Fsp3) is 0.895. The van der Waals surface area contributed by atoms with E-state index in [4.69, 9.17) is 29.2 Å². The molecule has 0 rings (SSSR count). The van der Waals surface area contributed by atoms with E-state index in [-0.39, 0.29) is 38.3 Å². The van der Waals surface area contributed by atoms with Crippen molar-refractivity contribution in [3.63, 3.8) is 0 Å². The van der Waals surface area contributed by atoms with Gasteiger partial charge in [0.1, 0.15) is 25.4 Å². The summed E-state index contributed by atoms with van der Waals surface area (Å²) in [7, 11) is 0. The number of unbranched alkanes of at least 4 members (excludes halogenated alkanes) is 16. The van der Waals surface area contributed by atoms with Gasteiger partial charge in [0.2, 0.25) is 0 Å². The number of hydrogen-bond donors (Lipinski definition) is 3. The molecule has 288 valence electrons. The lowest BCUT2D eigenvalue weighted by Gasteiger charge is -2.18. The number of aliphatic carboxylic acids is 2. The maximum absolute atomic E-state index is 12.3. The molecule has 0 aliphatic carbocycles. The molecule has 0 aliphatic rings. The third-order valence-electron chi connectivity index (χ3n) is 8.62. The van der Waals surface area contributed by atoms with Crippen LogP contribution in [0.25, 0.3) is 0 Å². The molecule has 2 atom stereocenters. The molecule has 0 saturated carbocycles. The first kappa shape index (κ1) is 46.4. The molecule has 0 aliphatic heterocycles. The van der Waals surface area contributed by atoms with Gasteiger partial charge in [-0.3, -0.25) is 9.59 Å². The first-order valence-corrected chi connectivity index (χ1v) is 19.6. The standard InChI is InChI=1S/C38H71NO10/c1-3-5-7-17-23-33(25-19-13-9-11-15-21-27-35(40)41)48-37(44)46-31-29-39-30-32-47-38(45)49-34(24-18-8-6-4-2)26-20-14-10-12-16-22-28-36(42)43/h33-34,39H,3-32H2,1-2H3,(H,40,41)(H,42,43). The molecule has 0 bridgehead atoms. The predicted octanol–water partition coefficient (Wildman–Crippen LogP) is 9.97. The van der Waals surface area contributed by atoms with Crippen molar-refractivity contribution in [2.75, 3.05) is 26.3 Å². The van der Waals surface area contributed by atoms with E-state index in [1.807, 2.05) is 0 Å². The molecule has 0 aromatic rings. The molecule has 0 amide bonds. The first-order valence-electron chi connectivity index (χ1n) is 19.6. The summed E-state index contributed by atoms with van der Waals surface area (Å²) in [4.78, 5) is 45.9. The van der Waals surface area contributed by atoms with E-state index in [1.165, 1.54) is 12.8 Å². The van der Waals surface area contributed by atoms with Crippen molar-refractivity contribution < 1.29 is 48.3 Å². The molecule has 0 fully saturated rings. The highest BCUT2D eigenvalue weighted by Gasteiger charge is 2.17. The molecule has 0 radical (unpaired) electrons. The Morgan fingerprint density at radius 2 is 0.776 bits per heavy atom. The van der Waals surface area contributed by atoms with E-state index >= 15 is 0 Å². The Balaban J connectivity index is 4.21. The fourth-order valence-corrected chi connectivity index (χ4v) is 5.71. The Morgan fingerprint density at radius 3 is 1.10 bits per heavy atom. The Morgan fingerprint density at radius 1 is 0.469 bits per heavy atom. The van der Waals surface area contributed by atoms with Crippen LogP contribution in [0, 0.1) is 0 Å². The number of rotatable bonds is 36. The zero-order valence-electron chi connectivity index (χ0n) is 31.0. The largest absolute Gasteiger partial charge is 0.508 e. The highest BCUT2D eigenvalue weighted by Crippen LogP contribution is 2.18. The lowest BCUT2D eigenvalue weighted by Crippen LogP contribution is -2.28. The third-order valence-corrected chi connectivity index (χ3v) is 8.62. The van der Waals surface area contributed by atoms with Crippen LogP contribution >= 0.6 is 0 Å². The summed E-state index contributed by atoms with van der Waals surface area (Å²) in [5.74, 6) is -1.48. The number of hydrogen-bond acceptors (Lipinski definition) is 9. The number of carboxylic acid groups (broad SMARTS) is 2. The van der Waals surface area contributed by atoms with Crippen molar-refractivity contribution in [3.8, 4) is 0 Å². The highest BCUT2D eigenvalue weighted by molar-refractivity contribution is 5.66. The molecule has 0 heterocycles. The van der Waals surface area contributed by atoms with Crippen LogP contribution in [0.1, 0.15) is 181 Å². The van der Waals surface area contributed by atoms with E-state index in [1.54, 1.807) is 0 Å². The van der Waals surface area contributed by atoms with Crippen molar-refractivity contribution in [3.05, 3.63) is 0 Å². The van der Waals surface area contributed by atoms with E-state index in [0.717, 1.165) is 141 Å². The predicted molar refractivity (Wildman–Crippen MR) is 192 cm³/mol. The zero-order chi connectivity index (χ0) is 36.2. The number of carboxylic acids is 2. The molecule has 0 spiro atoms. The summed E-state index contributed by atoms with van der Waals surface area (Å²) in [5, 5.41) is 20.6. The molecular weight excluding hydrogens is 630 g/mol. The Bertz CT molecular complexity index is 745. The summed E-state index contributed by atoms with van der Waals surface area (Å²) >= 11 is 0. The van der Waals surface area contributed by atoms with E-state index in [0.29, 0.717) is 13.1 Å². The highest BCUT2D eigenvalue weighted by atomic mass is 16.7. The van der Waals surface area contributed by atoms with Gasteiger partial charge in [0.15, 0.2) is 0 Å². The Hall–Kier alpha value is -2.56. The van der Waals surface area contributed by atoms with Gasteiger partial charge in [-0.05, 0) is 64.2 Å². The van der Waals surface area contributed by atoms with E-state index < -0.39 is 24.2 Å². The van der Waals surface area contributed by atoms with Crippen molar-refractivity contribution in [1.29, 1.82) is 0 Å². The van der Waals surface area contributed by atoms with Crippen LogP contribution in [-0.4, -0.2) is 73.0 Å². The Labute approximate surface area is 296 Å². The molecular formula is C38H71NO10. The van der Waals surface area contributed by atoms with Crippen molar-refractivity contribution in [2.24, 2.45) is 0 Å². The van der Waals surface area contributed by atoms with Gasteiger partial charge >= 0.3 is 24.2 Å². The number of carbonyl (C=O) groups excluding carboxylic acids is 2. The minimum Gasteiger partial charge on any atom is -0.481 e.